The van der Waals surface area contributed by atoms with Gasteiger partial charge in [0, 0.05) is 5.56 Å². The molecule has 2 heterocycles. The van der Waals surface area contributed by atoms with Gasteiger partial charge < -0.3 is 18.9 Å². The molecule has 1 aliphatic heterocycles. The van der Waals surface area contributed by atoms with E-state index in [1.807, 2.05) is 0 Å². The number of rotatable bonds is 3. The number of amides is 1. The van der Waals surface area contributed by atoms with E-state index < -0.39 is 23.8 Å². The molecule has 0 N–H and O–H groups in total. The molecule has 0 spiro atoms. The highest BCUT2D eigenvalue weighted by Gasteiger charge is 2.38. The zero-order valence-electron chi connectivity index (χ0n) is 14.9. The Morgan fingerprint density at radius 2 is 1.81 bits per heavy atom. The molecule has 27 heavy (non-hydrogen) atoms. The topological polar surface area (TPSA) is 77.7 Å². The average Bonchev–Trinajstić information content (AvgIpc) is 2.99. The van der Waals surface area contributed by atoms with Crippen molar-refractivity contribution >= 4 is 6.09 Å². The number of hydrogen-bond acceptors (Lipinski definition) is 6. The quantitative estimate of drug-likeness (QED) is 0.801. The molecule has 0 aliphatic carbocycles. The van der Waals surface area contributed by atoms with Crippen molar-refractivity contribution in [3.63, 3.8) is 0 Å². The summed E-state index contributed by atoms with van der Waals surface area (Å²) >= 11 is 0. The maximum Gasteiger partial charge on any atom is 0.471 e. The fraction of sp³-hybridized carbons (Fsp3) is 0.471. The number of carbonyl (C=O) groups excluding carboxylic acids is 1. The van der Waals surface area contributed by atoms with E-state index in [2.05, 4.69) is 14.7 Å². The van der Waals surface area contributed by atoms with Crippen LogP contribution in [0.1, 0.15) is 26.7 Å². The Balaban J connectivity index is 1.54. The highest BCUT2D eigenvalue weighted by atomic mass is 19.4. The number of benzene rings is 1. The number of likely N-dealkylation sites (tertiary alicyclic amines) is 1. The first-order valence-electron chi connectivity index (χ1n) is 8.17. The zero-order chi connectivity index (χ0) is 19.8. The number of halogens is 3. The molecule has 2 aromatic rings. The summed E-state index contributed by atoms with van der Waals surface area (Å²) in [6, 6.07) is 6.25. The van der Waals surface area contributed by atoms with Crippen molar-refractivity contribution in [1.82, 2.24) is 15.0 Å². The fourth-order valence-corrected chi connectivity index (χ4v) is 2.32. The minimum absolute atomic E-state index is 0.159. The Hall–Kier alpha value is -2.78. The van der Waals surface area contributed by atoms with Crippen molar-refractivity contribution in [2.75, 3.05) is 13.1 Å². The molecular formula is C17H18F3N3O4. The standard InChI is InChI=1S/C17H18F3N3O4/c1-16(2,3)26-15(24)23-8-12(9-23)25-11-6-4-10(5-7-11)13-21-14(27-22-13)17(18,19)20/h4-7,12H,8-9H2,1-3H3. The third kappa shape index (κ3) is 4.69. The maximum atomic E-state index is 12.5. The van der Waals surface area contributed by atoms with E-state index in [1.165, 1.54) is 17.0 Å². The molecule has 1 aromatic heterocycles. The molecule has 0 radical (unpaired) electrons. The molecule has 0 unspecified atom stereocenters. The van der Waals surface area contributed by atoms with Crippen LogP contribution < -0.4 is 4.74 Å². The molecule has 0 saturated carbocycles. The summed E-state index contributed by atoms with van der Waals surface area (Å²) < 4.78 is 52.7. The van der Waals surface area contributed by atoms with Crippen molar-refractivity contribution in [2.45, 2.75) is 38.7 Å². The average molecular weight is 385 g/mol. The van der Waals surface area contributed by atoms with E-state index in [-0.39, 0.29) is 11.9 Å². The van der Waals surface area contributed by atoms with Crippen LogP contribution in [0.3, 0.4) is 0 Å². The van der Waals surface area contributed by atoms with E-state index in [0.29, 0.717) is 24.4 Å². The number of aromatic nitrogens is 2. The second kappa shape index (κ2) is 6.75. The van der Waals surface area contributed by atoms with Crippen molar-refractivity contribution in [3.8, 4) is 17.1 Å². The van der Waals surface area contributed by atoms with E-state index in [4.69, 9.17) is 9.47 Å². The van der Waals surface area contributed by atoms with Gasteiger partial charge in [0.15, 0.2) is 0 Å². The molecule has 1 aromatic carbocycles. The van der Waals surface area contributed by atoms with Crippen LogP contribution in [0.15, 0.2) is 28.8 Å². The lowest BCUT2D eigenvalue weighted by Gasteiger charge is -2.39. The van der Waals surface area contributed by atoms with Crippen molar-refractivity contribution in [2.24, 2.45) is 0 Å². The van der Waals surface area contributed by atoms with Crippen LogP contribution in [0, 0.1) is 0 Å². The van der Waals surface area contributed by atoms with Crippen molar-refractivity contribution in [1.29, 1.82) is 0 Å². The van der Waals surface area contributed by atoms with Gasteiger partial charge in [-0.2, -0.15) is 18.2 Å². The van der Waals surface area contributed by atoms with Crippen LogP contribution in [0.2, 0.25) is 0 Å². The first-order valence-corrected chi connectivity index (χ1v) is 8.17. The van der Waals surface area contributed by atoms with Gasteiger partial charge in [-0.25, -0.2) is 4.79 Å². The Labute approximate surface area is 153 Å². The lowest BCUT2D eigenvalue weighted by molar-refractivity contribution is -0.159. The first kappa shape index (κ1) is 19.0. The molecular weight excluding hydrogens is 367 g/mol. The first-order chi connectivity index (χ1) is 12.5. The maximum absolute atomic E-state index is 12.5. The molecule has 0 bridgehead atoms. The molecule has 146 valence electrons. The Morgan fingerprint density at radius 3 is 2.33 bits per heavy atom. The Bertz CT molecular complexity index is 806. The number of nitrogens with zero attached hydrogens (tertiary/aromatic N) is 3. The van der Waals surface area contributed by atoms with Gasteiger partial charge in [0.05, 0.1) is 13.1 Å². The highest BCUT2D eigenvalue weighted by Crippen LogP contribution is 2.30. The summed E-state index contributed by atoms with van der Waals surface area (Å²) in [7, 11) is 0. The predicted octanol–water partition coefficient (Wildman–Crippen LogP) is 3.75. The Kier molecular flexibility index (Phi) is 4.75. The largest absolute Gasteiger partial charge is 0.487 e. The second-order valence-corrected chi connectivity index (χ2v) is 7.07. The summed E-state index contributed by atoms with van der Waals surface area (Å²) in [6.45, 7) is 6.18. The number of ether oxygens (including phenoxy) is 2. The lowest BCUT2D eigenvalue weighted by atomic mass is 10.1. The van der Waals surface area contributed by atoms with Gasteiger partial charge in [-0.05, 0) is 45.0 Å². The van der Waals surface area contributed by atoms with Crippen molar-refractivity contribution in [3.05, 3.63) is 30.2 Å². The van der Waals surface area contributed by atoms with Crippen LogP contribution in [0.5, 0.6) is 5.75 Å². The summed E-state index contributed by atoms with van der Waals surface area (Å²) in [4.78, 5) is 16.7. The summed E-state index contributed by atoms with van der Waals surface area (Å²) in [5, 5.41) is 3.32. The van der Waals surface area contributed by atoms with Gasteiger partial charge in [-0.15, -0.1) is 0 Å². The van der Waals surface area contributed by atoms with Crippen LogP contribution in [-0.4, -0.2) is 45.9 Å². The van der Waals surface area contributed by atoms with Gasteiger partial charge in [0.25, 0.3) is 0 Å². The van der Waals surface area contributed by atoms with Gasteiger partial charge >= 0.3 is 18.2 Å². The highest BCUT2D eigenvalue weighted by molar-refractivity contribution is 5.69. The zero-order valence-corrected chi connectivity index (χ0v) is 14.9. The SMILES string of the molecule is CC(C)(C)OC(=O)N1CC(Oc2ccc(-c3noc(C(F)(F)F)n3)cc2)C1. The van der Waals surface area contributed by atoms with Gasteiger partial charge in [-0.3, -0.25) is 0 Å². The van der Waals surface area contributed by atoms with Crippen molar-refractivity contribution < 1.29 is 32.0 Å². The number of hydrogen-bond donors (Lipinski definition) is 0. The molecule has 7 nitrogen and oxygen atoms in total. The Morgan fingerprint density at radius 1 is 1.19 bits per heavy atom. The lowest BCUT2D eigenvalue weighted by Crippen LogP contribution is -2.57. The third-order valence-electron chi connectivity index (χ3n) is 3.58. The summed E-state index contributed by atoms with van der Waals surface area (Å²) in [5.74, 6) is -1.03. The molecule has 1 amide bonds. The molecule has 1 fully saturated rings. The number of alkyl halides is 3. The van der Waals surface area contributed by atoms with E-state index in [1.54, 1.807) is 32.9 Å². The minimum Gasteiger partial charge on any atom is -0.487 e. The fourth-order valence-electron chi connectivity index (χ4n) is 2.32. The van der Waals surface area contributed by atoms with Gasteiger partial charge in [0.2, 0.25) is 5.82 Å². The smallest absolute Gasteiger partial charge is 0.471 e. The molecule has 1 aliphatic rings. The van der Waals surface area contributed by atoms with E-state index in [0.717, 1.165) is 0 Å². The summed E-state index contributed by atoms with van der Waals surface area (Å²) in [6.07, 6.45) is -5.25. The van der Waals surface area contributed by atoms with Crippen LogP contribution in [0.4, 0.5) is 18.0 Å². The van der Waals surface area contributed by atoms with Crippen LogP contribution >= 0.6 is 0 Å². The third-order valence-corrected chi connectivity index (χ3v) is 3.58. The molecule has 1 saturated heterocycles. The summed E-state index contributed by atoms with van der Waals surface area (Å²) in [5.41, 5.74) is -0.189. The monoisotopic (exact) mass is 385 g/mol. The molecule has 0 atom stereocenters. The molecule has 10 heteroatoms. The second-order valence-electron chi connectivity index (χ2n) is 7.07. The number of carbonyl (C=O) groups is 1. The van der Waals surface area contributed by atoms with Gasteiger partial charge in [-0.1, -0.05) is 5.16 Å². The van der Waals surface area contributed by atoms with E-state index in [9.17, 15) is 18.0 Å². The predicted molar refractivity (Wildman–Crippen MR) is 87.0 cm³/mol. The van der Waals surface area contributed by atoms with Gasteiger partial charge in [0.1, 0.15) is 17.5 Å². The minimum atomic E-state index is -4.68. The van der Waals surface area contributed by atoms with Crippen LogP contribution in [-0.2, 0) is 10.9 Å². The van der Waals surface area contributed by atoms with E-state index >= 15 is 0 Å². The molecule has 3 rings (SSSR count). The van der Waals surface area contributed by atoms with Crippen LogP contribution in [0.25, 0.3) is 11.4 Å². The normalized spacial score (nSPS) is 15.4.